The Morgan fingerprint density at radius 3 is 2.39 bits per heavy atom. The number of carbonyl (C=O) groups excluding carboxylic acids is 1. The van der Waals surface area contributed by atoms with E-state index in [1.165, 1.54) is 5.56 Å². The van der Waals surface area contributed by atoms with Gasteiger partial charge in [0.25, 0.3) is 0 Å². The molecule has 6 heteroatoms. The smallest absolute Gasteiger partial charge is 0.235 e. The van der Waals surface area contributed by atoms with Gasteiger partial charge in [-0.1, -0.05) is 45.0 Å². The number of nitrogens with zero attached hydrogens (tertiary/aromatic N) is 3. The van der Waals surface area contributed by atoms with Gasteiger partial charge in [-0.05, 0) is 34.2 Å². The van der Waals surface area contributed by atoms with Crippen LogP contribution >= 0.6 is 11.8 Å². The standard InChI is InChI=1S/C22H26N4OS/c1-22(2,3)19-6-4-17(5-7-19)14-26-20(10-13-24-26)25-21(27)16-28-15-18-8-11-23-12-9-18/h4-13H,14-16H2,1-3H3,(H,25,27). The Morgan fingerprint density at radius 1 is 1.00 bits per heavy atom. The summed E-state index contributed by atoms with van der Waals surface area (Å²) >= 11 is 1.58. The van der Waals surface area contributed by atoms with Crippen LogP contribution in [0.5, 0.6) is 0 Å². The highest BCUT2D eigenvalue weighted by molar-refractivity contribution is 7.99. The summed E-state index contributed by atoms with van der Waals surface area (Å²) in [6.07, 6.45) is 5.24. The van der Waals surface area contributed by atoms with Crippen LogP contribution in [0.1, 0.15) is 37.5 Å². The number of rotatable bonds is 7. The Balaban J connectivity index is 1.54. The SMILES string of the molecule is CC(C)(C)c1ccc(Cn2nccc2NC(=O)CSCc2ccncc2)cc1. The van der Waals surface area contributed by atoms with Gasteiger partial charge in [-0.15, -0.1) is 11.8 Å². The molecule has 2 aromatic heterocycles. The summed E-state index contributed by atoms with van der Waals surface area (Å²) in [5.41, 5.74) is 3.75. The molecule has 146 valence electrons. The van der Waals surface area contributed by atoms with E-state index in [1.807, 2.05) is 22.9 Å². The average molecular weight is 395 g/mol. The normalized spacial score (nSPS) is 11.4. The topological polar surface area (TPSA) is 59.8 Å². The lowest BCUT2D eigenvalue weighted by atomic mass is 9.87. The highest BCUT2D eigenvalue weighted by Crippen LogP contribution is 2.22. The van der Waals surface area contributed by atoms with Crippen molar-refractivity contribution < 1.29 is 4.79 Å². The van der Waals surface area contributed by atoms with Crippen LogP contribution in [0.3, 0.4) is 0 Å². The van der Waals surface area contributed by atoms with Crippen molar-refractivity contribution in [1.29, 1.82) is 0 Å². The Kier molecular flexibility index (Phi) is 6.52. The highest BCUT2D eigenvalue weighted by Gasteiger charge is 2.13. The van der Waals surface area contributed by atoms with E-state index < -0.39 is 0 Å². The molecule has 1 amide bonds. The number of anilines is 1. The maximum atomic E-state index is 12.3. The Labute approximate surface area is 170 Å². The van der Waals surface area contributed by atoms with Crippen LogP contribution in [-0.2, 0) is 22.5 Å². The summed E-state index contributed by atoms with van der Waals surface area (Å²) in [5.74, 6) is 1.88. The molecule has 0 aliphatic rings. The second kappa shape index (κ2) is 9.06. The number of pyridine rings is 1. The van der Waals surface area contributed by atoms with E-state index in [0.29, 0.717) is 12.3 Å². The largest absolute Gasteiger partial charge is 0.310 e. The lowest BCUT2D eigenvalue weighted by Crippen LogP contribution is -2.18. The maximum absolute atomic E-state index is 12.3. The van der Waals surface area contributed by atoms with Crippen molar-refractivity contribution in [3.63, 3.8) is 0 Å². The molecule has 0 aliphatic carbocycles. The predicted molar refractivity (Wildman–Crippen MR) is 115 cm³/mol. The molecule has 0 spiro atoms. The number of amides is 1. The second-order valence-electron chi connectivity index (χ2n) is 7.72. The van der Waals surface area contributed by atoms with Gasteiger partial charge in [0.2, 0.25) is 5.91 Å². The van der Waals surface area contributed by atoms with Gasteiger partial charge in [0.15, 0.2) is 0 Å². The van der Waals surface area contributed by atoms with Crippen molar-refractivity contribution >= 4 is 23.5 Å². The molecule has 0 saturated heterocycles. The first-order chi connectivity index (χ1) is 13.4. The molecule has 3 aromatic rings. The molecule has 0 saturated carbocycles. The molecule has 5 nitrogen and oxygen atoms in total. The third kappa shape index (κ3) is 5.70. The third-order valence-electron chi connectivity index (χ3n) is 4.39. The zero-order chi connectivity index (χ0) is 20.0. The fraction of sp³-hybridized carbons (Fsp3) is 0.318. The molecule has 0 unspecified atom stereocenters. The molecule has 3 rings (SSSR count). The third-order valence-corrected chi connectivity index (χ3v) is 5.39. The van der Waals surface area contributed by atoms with Gasteiger partial charge in [-0.25, -0.2) is 4.68 Å². The van der Waals surface area contributed by atoms with E-state index in [4.69, 9.17) is 0 Å². The molecule has 28 heavy (non-hydrogen) atoms. The lowest BCUT2D eigenvalue weighted by Gasteiger charge is -2.19. The quantitative estimate of drug-likeness (QED) is 0.641. The van der Waals surface area contributed by atoms with E-state index in [-0.39, 0.29) is 11.3 Å². The first-order valence-electron chi connectivity index (χ1n) is 9.29. The van der Waals surface area contributed by atoms with Crippen LogP contribution in [0, 0.1) is 0 Å². The van der Waals surface area contributed by atoms with E-state index in [0.717, 1.165) is 22.7 Å². The molecule has 1 N–H and O–H groups in total. The van der Waals surface area contributed by atoms with Gasteiger partial charge in [-0.2, -0.15) is 5.10 Å². The van der Waals surface area contributed by atoms with Crippen LogP contribution in [-0.4, -0.2) is 26.4 Å². The molecule has 0 radical (unpaired) electrons. The van der Waals surface area contributed by atoms with Gasteiger partial charge >= 0.3 is 0 Å². The minimum absolute atomic E-state index is 0.0242. The summed E-state index contributed by atoms with van der Waals surface area (Å²) in [7, 11) is 0. The van der Waals surface area contributed by atoms with Crippen LogP contribution in [0.4, 0.5) is 5.82 Å². The Morgan fingerprint density at radius 2 is 1.71 bits per heavy atom. The molecular weight excluding hydrogens is 368 g/mol. The average Bonchev–Trinajstić information content (AvgIpc) is 3.09. The first kappa shape index (κ1) is 20.1. The lowest BCUT2D eigenvalue weighted by molar-refractivity contribution is -0.113. The number of benzene rings is 1. The monoisotopic (exact) mass is 394 g/mol. The summed E-state index contributed by atoms with van der Waals surface area (Å²) in [6, 6.07) is 14.3. The van der Waals surface area contributed by atoms with Crippen molar-refractivity contribution in [3.8, 4) is 0 Å². The van der Waals surface area contributed by atoms with Crippen molar-refractivity contribution in [2.24, 2.45) is 0 Å². The number of aromatic nitrogens is 3. The Hall–Kier alpha value is -2.60. The number of thioether (sulfide) groups is 1. The molecule has 2 heterocycles. The molecule has 0 atom stereocenters. The summed E-state index contributed by atoms with van der Waals surface area (Å²) in [6.45, 7) is 7.23. The van der Waals surface area contributed by atoms with Crippen LogP contribution in [0.2, 0.25) is 0 Å². The molecule has 1 aromatic carbocycles. The number of nitrogens with one attached hydrogen (secondary N) is 1. The van der Waals surface area contributed by atoms with Crippen LogP contribution < -0.4 is 5.32 Å². The zero-order valence-electron chi connectivity index (χ0n) is 16.6. The maximum Gasteiger partial charge on any atom is 0.235 e. The van der Waals surface area contributed by atoms with Gasteiger partial charge in [0, 0.05) is 24.2 Å². The number of carbonyl (C=O) groups is 1. The van der Waals surface area contributed by atoms with E-state index in [1.54, 1.807) is 30.4 Å². The first-order valence-corrected chi connectivity index (χ1v) is 10.4. The molecule has 0 bridgehead atoms. The summed E-state index contributed by atoms with van der Waals surface area (Å²) in [5, 5.41) is 7.31. The highest BCUT2D eigenvalue weighted by atomic mass is 32.2. The zero-order valence-corrected chi connectivity index (χ0v) is 17.4. The molecule has 0 aliphatic heterocycles. The fourth-order valence-electron chi connectivity index (χ4n) is 2.77. The van der Waals surface area contributed by atoms with Gasteiger partial charge < -0.3 is 5.32 Å². The van der Waals surface area contributed by atoms with Gasteiger partial charge in [-0.3, -0.25) is 9.78 Å². The van der Waals surface area contributed by atoms with Gasteiger partial charge in [0.05, 0.1) is 18.5 Å². The fourth-order valence-corrected chi connectivity index (χ4v) is 3.56. The van der Waals surface area contributed by atoms with Gasteiger partial charge in [0.1, 0.15) is 5.82 Å². The number of hydrogen-bond donors (Lipinski definition) is 1. The summed E-state index contributed by atoms with van der Waals surface area (Å²) in [4.78, 5) is 16.3. The van der Waals surface area contributed by atoms with E-state index in [2.05, 4.69) is 60.4 Å². The molecular formula is C22H26N4OS. The van der Waals surface area contributed by atoms with E-state index >= 15 is 0 Å². The number of hydrogen-bond acceptors (Lipinski definition) is 4. The minimum atomic E-state index is -0.0242. The van der Waals surface area contributed by atoms with Crippen LogP contribution in [0.15, 0.2) is 61.1 Å². The van der Waals surface area contributed by atoms with Crippen molar-refractivity contribution in [3.05, 3.63) is 77.7 Å². The Bertz CT molecular complexity index is 898. The minimum Gasteiger partial charge on any atom is -0.310 e. The van der Waals surface area contributed by atoms with Crippen LogP contribution in [0.25, 0.3) is 0 Å². The summed E-state index contributed by atoms with van der Waals surface area (Å²) < 4.78 is 1.82. The second-order valence-corrected chi connectivity index (χ2v) is 8.70. The van der Waals surface area contributed by atoms with Crippen molar-refractivity contribution in [2.75, 3.05) is 11.1 Å². The molecule has 0 fully saturated rings. The van der Waals surface area contributed by atoms with E-state index in [9.17, 15) is 4.79 Å². The van der Waals surface area contributed by atoms with Crippen molar-refractivity contribution in [2.45, 2.75) is 38.5 Å². The predicted octanol–water partition coefficient (Wildman–Crippen LogP) is 4.50. The van der Waals surface area contributed by atoms with Crippen molar-refractivity contribution in [1.82, 2.24) is 14.8 Å².